The van der Waals surface area contributed by atoms with Crippen LogP contribution in [-0.2, 0) is 9.59 Å². The van der Waals surface area contributed by atoms with Crippen molar-refractivity contribution in [1.82, 2.24) is 4.90 Å². The topological polar surface area (TPSA) is 96.3 Å². The van der Waals surface area contributed by atoms with Crippen molar-refractivity contribution >= 4 is 17.4 Å². The number of hydrogen-bond acceptors (Lipinski definition) is 6. The van der Waals surface area contributed by atoms with Gasteiger partial charge in [-0.15, -0.1) is 0 Å². The van der Waals surface area contributed by atoms with Gasteiger partial charge >= 0.3 is 0 Å². The Morgan fingerprint density at radius 3 is 2.53 bits per heavy atom. The molecule has 32 heavy (non-hydrogen) atoms. The molecule has 1 saturated heterocycles. The number of ketones is 1. The molecule has 1 amide bonds. The number of carbonyl (C=O) groups excluding carboxylic acids is 2. The highest BCUT2D eigenvalue weighted by Gasteiger charge is 2.45. The normalized spacial score (nSPS) is 17.8. The molecule has 0 aromatic heterocycles. The predicted octanol–water partition coefficient (Wildman–Crippen LogP) is 4.41. The lowest BCUT2D eigenvalue weighted by Gasteiger charge is -2.25. The van der Waals surface area contributed by atoms with Crippen molar-refractivity contribution in [2.24, 2.45) is 0 Å². The molecule has 7 nitrogen and oxygen atoms in total. The van der Waals surface area contributed by atoms with Crippen LogP contribution in [0.1, 0.15) is 51.3 Å². The molecule has 2 aromatic rings. The van der Waals surface area contributed by atoms with Crippen molar-refractivity contribution in [1.29, 1.82) is 0 Å². The molecule has 0 spiro atoms. The van der Waals surface area contributed by atoms with E-state index in [1.165, 1.54) is 11.0 Å². The second-order valence-electron chi connectivity index (χ2n) is 7.85. The van der Waals surface area contributed by atoms with Crippen LogP contribution in [0.5, 0.6) is 17.2 Å². The highest BCUT2D eigenvalue weighted by Crippen LogP contribution is 2.42. The molecule has 1 atom stereocenters. The zero-order valence-corrected chi connectivity index (χ0v) is 18.8. The minimum absolute atomic E-state index is 0.00159. The quantitative estimate of drug-likeness (QED) is 0.359. The van der Waals surface area contributed by atoms with Crippen LogP contribution >= 0.6 is 0 Å². The van der Waals surface area contributed by atoms with E-state index < -0.39 is 17.7 Å². The van der Waals surface area contributed by atoms with E-state index in [2.05, 4.69) is 0 Å². The molecule has 7 heteroatoms. The van der Waals surface area contributed by atoms with Crippen LogP contribution in [0.3, 0.4) is 0 Å². The van der Waals surface area contributed by atoms with Crippen molar-refractivity contribution in [2.75, 3.05) is 13.2 Å². The Kier molecular flexibility index (Phi) is 7.08. The second kappa shape index (κ2) is 9.77. The average Bonchev–Trinajstić information content (AvgIpc) is 3.00. The van der Waals surface area contributed by atoms with Gasteiger partial charge in [-0.1, -0.05) is 25.1 Å². The molecule has 2 aromatic carbocycles. The number of likely N-dealkylation sites (tertiary alicyclic amines) is 1. The molecule has 0 aliphatic carbocycles. The van der Waals surface area contributed by atoms with Crippen LogP contribution in [0.2, 0.25) is 0 Å². The summed E-state index contributed by atoms with van der Waals surface area (Å²) in [6, 6.07) is 10.7. The van der Waals surface area contributed by atoms with Crippen LogP contribution in [0, 0.1) is 0 Å². The number of ether oxygens (including phenoxy) is 2. The summed E-state index contributed by atoms with van der Waals surface area (Å²) >= 11 is 0. The van der Waals surface area contributed by atoms with E-state index in [9.17, 15) is 19.8 Å². The third-order valence-electron chi connectivity index (χ3n) is 5.08. The van der Waals surface area contributed by atoms with Gasteiger partial charge in [0.15, 0.2) is 11.5 Å². The van der Waals surface area contributed by atoms with Crippen LogP contribution in [-0.4, -0.2) is 46.1 Å². The smallest absolute Gasteiger partial charge is 0.295 e. The monoisotopic (exact) mass is 439 g/mol. The average molecular weight is 440 g/mol. The zero-order valence-electron chi connectivity index (χ0n) is 18.8. The van der Waals surface area contributed by atoms with Gasteiger partial charge in [0.2, 0.25) is 0 Å². The Labute approximate surface area is 187 Å². The molecule has 1 unspecified atom stereocenters. The van der Waals surface area contributed by atoms with Gasteiger partial charge in [0.1, 0.15) is 11.5 Å². The molecule has 1 fully saturated rings. The van der Waals surface area contributed by atoms with Crippen molar-refractivity contribution in [3.05, 3.63) is 59.2 Å². The molecule has 0 bridgehead atoms. The third kappa shape index (κ3) is 4.56. The van der Waals surface area contributed by atoms with Gasteiger partial charge in [0.25, 0.3) is 11.7 Å². The van der Waals surface area contributed by atoms with Gasteiger partial charge in [-0.3, -0.25) is 9.59 Å². The molecule has 1 aliphatic rings. The molecule has 1 aliphatic heterocycles. The van der Waals surface area contributed by atoms with Crippen LogP contribution in [0.4, 0.5) is 0 Å². The number of phenolic OH excluding ortho intramolecular Hbond substituents is 1. The van der Waals surface area contributed by atoms with E-state index in [0.717, 1.165) is 0 Å². The lowest BCUT2D eigenvalue weighted by Crippen LogP contribution is -2.30. The first-order valence-corrected chi connectivity index (χ1v) is 10.8. The van der Waals surface area contributed by atoms with Crippen molar-refractivity contribution in [3.8, 4) is 17.2 Å². The summed E-state index contributed by atoms with van der Waals surface area (Å²) in [7, 11) is 0. The van der Waals surface area contributed by atoms with Crippen molar-refractivity contribution in [3.63, 3.8) is 0 Å². The number of aliphatic hydroxyl groups is 1. The number of Topliss-reactive ketones (excluding diaryl/α,β-unsaturated/α-hetero) is 1. The molecule has 3 rings (SSSR count). The minimum atomic E-state index is -0.801. The van der Waals surface area contributed by atoms with Crippen LogP contribution in [0.25, 0.3) is 5.76 Å². The van der Waals surface area contributed by atoms with Crippen LogP contribution < -0.4 is 9.47 Å². The van der Waals surface area contributed by atoms with E-state index in [0.29, 0.717) is 36.4 Å². The molecule has 0 radical (unpaired) electrons. The highest BCUT2D eigenvalue weighted by molar-refractivity contribution is 6.46. The lowest BCUT2D eigenvalue weighted by atomic mass is 9.95. The van der Waals surface area contributed by atoms with E-state index in [4.69, 9.17) is 9.47 Å². The summed E-state index contributed by atoms with van der Waals surface area (Å²) in [6.45, 7) is 8.17. The third-order valence-corrected chi connectivity index (χ3v) is 5.08. The summed E-state index contributed by atoms with van der Waals surface area (Å²) in [4.78, 5) is 27.3. The number of rotatable bonds is 8. The largest absolute Gasteiger partial charge is 0.507 e. The van der Waals surface area contributed by atoms with Gasteiger partial charge in [-0.2, -0.15) is 0 Å². The Morgan fingerprint density at radius 2 is 1.88 bits per heavy atom. The maximum Gasteiger partial charge on any atom is 0.295 e. The summed E-state index contributed by atoms with van der Waals surface area (Å²) in [5, 5.41) is 21.2. The fourth-order valence-electron chi connectivity index (χ4n) is 3.81. The standard InChI is InChI=1S/C25H29NO6/c1-5-12-26-22(16-10-11-19(27)20(14-16)31-6-2)21(24(29)25(26)30)23(28)17-8-7-9-18(13-17)32-15(3)4/h7-11,13-15,22,27-28H,5-6,12H2,1-4H3/b23-21-. The molecule has 0 saturated carbocycles. The summed E-state index contributed by atoms with van der Waals surface area (Å²) in [5.41, 5.74) is 0.944. The van der Waals surface area contributed by atoms with E-state index in [-0.39, 0.29) is 28.9 Å². The fraction of sp³-hybridized carbons (Fsp3) is 0.360. The zero-order chi connectivity index (χ0) is 23.4. The van der Waals surface area contributed by atoms with Crippen molar-refractivity contribution in [2.45, 2.75) is 46.3 Å². The van der Waals surface area contributed by atoms with Gasteiger partial charge in [-0.05, 0) is 57.0 Å². The molecular formula is C25H29NO6. The number of aliphatic hydroxyl groups excluding tert-OH is 1. The minimum Gasteiger partial charge on any atom is -0.507 e. The number of nitrogens with zero attached hydrogens (tertiary/aromatic N) is 1. The van der Waals surface area contributed by atoms with E-state index in [1.807, 2.05) is 20.8 Å². The predicted molar refractivity (Wildman–Crippen MR) is 121 cm³/mol. The summed E-state index contributed by atoms with van der Waals surface area (Å²) in [5.74, 6) is -0.930. The summed E-state index contributed by atoms with van der Waals surface area (Å²) < 4.78 is 11.2. The second-order valence-corrected chi connectivity index (χ2v) is 7.85. The lowest BCUT2D eigenvalue weighted by molar-refractivity contribution is -0.139. The number of benzene rings is 2. The van der Waals surface area contributed by atoms with Crippen LogP contribution in [0.15, 0.2) is 48.0 Å². The molecule has 170 valence electrons. The number of aromatic hydroxyl groups is 1. The first-order valence-electron chi connectivity index (χ1n) is 10.8. The maximum atomic E-state index is 13.0. The maximum absolute atomic E-state index is 13.0. The van der Waals surface area contributed by atoms with Crippen molar-refractivity contribution < 1.29 is 29.3 Å². The SMILES string of the molecule is CCCN1C(=O)C(=O)/C(=C(\O)c2cccc(OC(C)C)c2)C1c1ccc(O)c(OCC)c1. The van der Waals surface area contributed by atoms with Gasteiger partial charge < -0.3 is 24.6 Å². The summed E-state index contributed by atoms with van der Waals surface area (Å²) in [6.07, 6.45) is 0.578. The van der Waals surface area contributed by atoms with E-state index >= 15 is 0 Å². The Balaban J connectivity index is 2.16. The Bertz CT molecular complexity index is 1040. The van der Waals surface area contributed by atoms with E-state index in [1.54, 1.807) is 43.3 Å². The first-order chi connectivity index (χ1) is 15.3. The number of carbonyl (C=O) groups is 2. The Hall–Kier alpha value is -3.48. The number of hydrogen-bond donors (Lipinski definition) is 2. The highest BCUT2D eigenvalue weighted by atomic mass is 16.5. The molecule has 2 N–H and O–H groups in total. The van der Waals surface area contributed by atoms with Gasteiger partial charge in [-0.25, -0.2) is 0 Å². The molecule has 1 heterocycles. The van der Waals surface area contributed by atoms with Gasteiger partial charge in [0, 0.05) is 12.1 Å². The molecular weight excluding hydrogens is 410 g/mol. The fourth-order valence-corrected chi connectivity index (χ4v) is 3.81. The van der Waals surface area contributed by atoms with Gasteiger partial charge in [0.05, 0.1) is 24.3 Å². The Morgan fingerprint density at radius 1 is 1.12 bits per heavy atom. The number of phenols is 1. The first kappa shape index (κ1) is 23.2. The number of amides is 1.